The minimum Gasteiger partial charge on any atom is -0.489 e. The summed E-state index contributed by atoms with van der Waals surface area (Å²) >= 11 is 5.84. The zero-order chi connectivity index (χ0) is 23.0. The molecule has 3 aromatic rings. The largest absolute Gasteiger partial charge is 0.489 e. The van der Waals surface area contributed by atoms with Crippen LogP contribution in [0, 0.1) is 0 Å². The summed E-state index contributed by atoms with van der Waals surface area (Å²) in [4.78, 5) is 12.2. The number of nitrogens with zero attached hydrogens (tertiary/aromatic N) is 2. The molecule has 0 heterocycles. The van der Waals surface area contributed by atoms with Gasteiger partial charge in [-0.05, 0) is 59.7 Å². The lowest BCUT2D eigenvalue weighted by atomic mass is 10.2. The van der Waals surface area contributed by atoms with Crippen molar-refractivity contribution in [3.63, 3.8) is 0 Å². The van der Waals surface area contributed by atoms with E-state index < -0.39 is 22.5 Å². The second kappa shape index (κ2) is 10.8. The maximum Gasteiger partial charge on any atom is 0.260 e. The molecule has 0 aliphatic rings. The summed E-state index contributed by atoms with van der Waals surface area (Å²) in [7, 11) is -3.67. The molecule has 0 unspecified atom stereocenters. The first-order valence-electron chi connectivity index (χ1n) is 9.63. The minimum atomic E-state index is -3.67. The topological polar surface area (TPSA) is 88.1 Å². The van der Waals surface area contributed by atoms with E-state index in [1.165, 1.54) is 18.3 Å². The van der Waals surface area contributed by atoms with Gasteiger partial charge in [-0.1, -0.05) is 41.9 Å². The van der Waals surface area contributed by atoms with E-state index in [9.17, 15) is 13.2 Å². The zero-order valence-corrected chi connectivity index (χ0v) is 18.9. The van der Waals surface area contributed by atoms with Crippen LogP contribution in [0.3, 0.4) is 0 Å². The molecule has 0 radical (unpaired) electrons. The second-order valence-corrected chi connectivity index (χ2v) is 9.23. The lowest BCUT2D eigenvalue weighted by Crippen LogP contribution is -2.38. The first-order valence-corrected chi connectivity index (χ1v) is 11.9. The summed E-state index contributed by atoms with van der Waals surface area (Å²) in [6.45, 7) is 0.0544. The molecule has 0 spiro atoms. The number of carbonyl (C=O) groups is 1. The van der Waals surface area contributed by atoms with Gasteiger partial charge in [-0.25, -0.2) is 13.8 Å². The van der Waals surface area contributed by atoms with Crippen LogP contribution in [0.15, 0.2) is 84.0 Å². The number of rotatable bonds is 9. The molecule has 1 N–H and O–H groups in total. The Morgan fingerprint density at radius 2 is 1.69 bits per heavy atom. The Bertz CT molecular complexity index is 1170. The van der Waals surface area contributed by atoms with Crippen LogP contribution < -0.4 is 14.5 Å². The smallest absolute Gasteiger partial charge is 0.260 e. The summed E-state index contributed by atoms with van der Waals surface area (Å²) in [5.41, 5.74) is 4.50. The predicted octanol–water partition coefficient (Wildman–Crippen LogP) is 3.84. The standard InChI is InChI=1S/C23H22ClN3O4S/c1-32(29,30)27(21-11-9-20(24)10-12-21)16-23(28)26-25-15-18-7-13-22(14-8-18)31-17-19-5-3-2-4-6-19/h2-15H,16-17H2,1H3,(H,26,28)/b25-15-. The Labute approximate surface area is 192 Å². The molecule has 9 heteroatoms. The van der Waals surface area contributed by atoms with Gasteiger partial charge < -0.3 is 4.74 Å². The van der Waals surface area contributed by atoms with Crippen LogP contribution in [0.5, 0.6) is 5.75 Å². The van der Waals surface area contributed by atoms with Crippen molar-refractivity contribution in [2.24, 2.45) is 5.10 Å². The molecule has 0 fully saturated rings. The highest BCUT2D eigenvalue weighted by Crippen LogP contribution is 2.20. The van der Waals surface area contributed by atoms with E-state index in [0.29, 0.717) is 23.1 Å². The van der Waals surface area contributed by atoms with Crippen LogP contribution in [-0.4, -0.2) is 33.3 Å². The molecule has 0 aliphatic carbocycles. The normalized spacial score (nSPS) is 11.3. The van der Waals surface area contributed by atoms with Gasteiger partial charge in [0.15, 0.2) is 0 Å². The van der Waals surface area contributed by atoms with Crippen molar-refractivity contribution >= 4 is 39.4 Å². The number of amides is 1. The molecule has 32 heavy (non-hydrogen) atoms. The van der Waals surface area contributed by atoms with Crippen LogP contribution in [0.4, 0.5) is 5.69 Å². The Balaban J connectivity index is 1.54. The molecule has 3 aromatic carbocycles. The van der Waals surface area contributed by atoms with Gasteiger partial charge in [0, 0.05) is 5.02 Å². The first kappa shape index (κ1) is 23.3. The summed E-state index contributed by atoms with van der Waals surface area (Å²) < 4.78 is 30.9. The lowest BCUT2D eigenvalue weighted by Gasteiger charge is -2.21. The maximum absolute atomic E-state index is 12.2. The predicted molar refractivity (Wildman–Crippen MR) is 127 cm³/mol. The molecule has 0 aromatic heterocycles. The number of hydrogen-bond acceptors (Lipinski definition) is 5. The number of sulfonamides is 1. The Kier molecular flexibility index (Phi) is 7.86. The number of nitrogens with one attached hydrogen (secondary N) is 1. The number of anilines is 1. The SMILES string of the molecule is CS(=O)(=O)N(CC(=O)N/N=C\c1ccc(OCc2ccccc2)cc1)c1ccc(Cl)cc1. The van der Waals surface area contributed by atoms with Crippen molar-refractivity contribution in [3.8, 4) is 5.75 Å². The van der Waals surface area contributed by atoms with Crippen molar-refractivity contribution in [3.05, 3.63) is 95.0 Å². The maximum atomic E-state index is 12.2. The van der Waals surface area contributed by atoms with Crippen molar-refractivity contribution in [2.45, 2.75) is 6.61 Å². The molecule has 166 valence electrons. The fourth-order valence-corrected chi connectivity index (χ4v) is 3.73. The summed E-state index contributed by atoms with van der Waals surface area (Å²) in [6.07, 6.45) is 2.49. The van der Waals surface area contributed by atoms with E-state index >= 15 is 0 Å². The molecule has 0 atom stereocenters. The Morgan fingerprint density at radius 3 is 2.31 bits per heavy atom. The third-order valence-corrected chi connectivity index (χ3v) is 5.73. The van der Waals surface area contributed by atoms with Gasteiger partial charge >= 0.3 is 0 Å². The van der Waals surface area contributed by atoms with E-state index in [4.69, 9.17) is 16.3 Å². The number of halogens is 1. The number of benzene rings is 3. The highest BCUT2D eigenvalue weighted by atomic mass is 35.5. The van der Waals surface area contributed by atoms with E-state index in [-0.39, 0.29) is 0 Å². The molecular formula is C23H22ClN3O4S. The van der Waals surface area contributed by atoms with E-state index in [2.05, 4.69) is 10.5 Å². The van der Waals surface area contributed by atoms with Crippen molar-refractivity contribution < 1.29 is 17.9 Å². The van der Waals surface area contributed by atoms with Crippen LogP contribution in [0.2, 0.25) is 5.02 Å². The quantitative estimate of drug-likeness (QED) is 0.379. The molecule has 0 aliphatic heterocycles. The average molecular weight is 472 g/mol. The summed E-state index contributed by atoms with van der Waals surface area (Å²) in [6, 6.07) is 23.2. The minimum absolute atomic E-state index is 0.335. The second-order valence-electron chi connectivity index (χ2n) is 6.88. The highest BCUT2D eigenvalue weighted by Gasteiger charge is 2.20. The van der Waals surface area contributed by atoms with Gasteiger partial charge in [0.05, 0.1) is 18.2 Å². The third kappa shape index (κ3) is 7.11. The number of hydrazone groups is 1. The molecule has 0 saturated carbocycles. The van der Waals surface area contributed by atoms with Crippen LogP contribution in [0.25, 0.3) is 0 Å². The third-order valence-electron chi connectivity index (χ3n) is 4.33. The Morgan fingerprint density at radius 1 is 1.03 bits per heavy atom. The number of carbonyl (C=O) groups excluding carboxylic acids is 1. The van der Waals surface area contributed by atoms with Gasteiger partial charge in [0.25, 0.3) is 5.91 Å². The van der Waals surface area contributed by atoms with Gasteiger partial charge in [0.2, 0.25) is 10.0 Å². The molecule has 3 rings (SSSR count). The van der Waals surface area contributed by atoms with Crippen LogP contribution >= 0.6 is 11.6 Å². The summed E-state index contributed by atoms with van der Waals surface area (Å²) in [5.74, 6) is 0.131. The molecule has 7 nitrogen and oxygen atoms in total. The van der Waals surface area contributed by atoms with Gasteiger partial charge in [-0.3, -0.25) is 9.10 Å². The average Bonchev–Trinajstić information content (AvgIpc) is 2.78. The fraction of sp³-hybridized carbons (Fsp3) is 0.130. The lowest BCUT2D eigenvalue weighted by molar-refractivity contribution is -0.119. The number of ether oxygens (including phenoxy) is 1. The first-order chi connectivity index (χ1) is 15.3. The van der Waals surface area contributed by atoms with E-state index in [1.54, 1.807) is 36.4 Å². The molecule has 1 amide bonds. The van der Waals surface area contributed by atoms with Gasteiger partial charge in [-0.2, -0.15) is 5.10 Å². The molecule has 0 saturated heterocycles. The van der Waals surface area contributed by atoms with Gasteiger partial charge in [0.1, 0.15) is 18.9 Å². The van der Waals surface area contributed by atoms with E-state index in [1.807, 2.05) is 30.3 Å². The van der Waals surface area contributed by atoms with Crippen molar-refractivity contribution in [1.82, 2.24) is 5.43 Å². The summed E-state index contributed by atoms with van der Waals surface area (Å²) in [5, 5.41) is 4.37. The Hall–Kier alpha value is -3.36. The number of hydrogen-bond donors (Lipinski definition) is 1. The van der Waals surface area contributed by atoms with Gasteiger partial charge in [-0.15, -0.1) is 0 Å². The van der Waals surface area contributed by atoms with Crippen LogP contribution in [0.1, 0.15) is 11.1 Å². The molecule has 0 bridgehead atoms. The molecular weight excluding hydrogens is 450 g/mol. The monoisotopic (exact) mass is 471 g/mol. The van der Waals surface area contributed by atoms with E-state index in [0.717, 1.165) is 21.7 Å². The van der Waals surface area contributed by atoms with Crippen molar-refractivity contribution in [1.29, 1.82) is 0 Å². The fourth-order valence-electron chi connectivity index (χ4n) is 2.74. The van der Waals surface area contributed by atoms with Crippen LogP contribution in [-0.2, 0) is 21.4 Å². The zero-order valence-electron chi connectivity index (χ0n) is 17.3. The highest BCUT2D eigenvalue weighted by molar-refractivity contribution is 7.92. The van der Waals surface area contributed by atoms with Crippen molar-refractivity contribution in [2.75, 3.05) is 17.1 Å².